The summed E-state index contributed by atoms with van der Waals surface area (Å²) in [6, 6.07) is 0.245. The summed E-state index contributed by atoms with van der Waals surface area (Å²) in [5, 5.41) is 2.95. The van der Waals surface area contributed by atoms with Crippen molar-refractivity contribution in [1.82, 2.24) is 10.2 Å². The lowest BCUT2D eigenvalue weighted by Crippen LogP contribution is -2.49. The highest BCUT2D eigenvalue weighted by molar-refractivity contribution is 5.67. The van der Waals surface area contributed by atoms with Gasteiger partial charge in [0.2, 0.25) is 0 Å². The van der Waals surface area contributed by atoms with Gasteiger partial charge < -0.3 is 15.0 Å². The zero-order valence-corrected chi connectivity index (χ0v) is 11.4. The molecule has 1 aliphatic rings. The maximum Gasteiger partial charge on any atom is 0.407 e. The predicted octanol–water partition coefficient (Wildman–Crippen LogP) is 2.24. The van der Waals surface area contributed by atoms with Crippen LogP contribution in [-0.4, -0.2) is 43.8 Å². The minimum atomic E-state index is -0.276. The number of alkyl carbamates (subject to hydrolysis) is 1. The topological polar surface area (TPSA) is 41.6 Å². The van der Waals surface area contributed by atoms with E-state index in [1.807, 2.05) is 6.92 Å². The number of hydrogen-bond acceptors (Lipinski definition) is 3. The van der Waals surface area contributed by atoms with E-state index in [0.29, 0.717) is 12.5 Å². The molecule has 0 aromatic heterocycles. The van der Waals surface area contributed by atoms with E-state index < -0.39 is 0 Å². The van der Waals surface area contributed by atoms with Crippen LogP contribution in [0.4, 0.5) is 4.79 Å². The van der Waals surface area contributed by atoms with Gasteiger partial charge in [-0.1, -0.05) is 19.8 Å². The molecule has 0 saturated carbocycles. The Balaban J connectivity index is 2.36. The number of piperidine rings is 1. The van der Waals surface area contributed by atoms with Crippen LogP contribution in [0.15, 0.2) is 0 Å². The monoisotopic (exact) mass is 242 g/mol. The van der Waals surface area contributed by atoms with Crippen LogP contribution in [0.5, 0.6) is 0 Å². The van der Waals surface area contributed by atoms with Gasteiger partial charge in [0.1, 0.15) is 0 Å². The molecule has 1 fully saturated rings. The Bertz CT molecular complexity index is 233. The highest BCUT2D eigenvalue weighted by Gasteiger charge is 2.26. The fourth-order valence-electron chi connectivity index (χ4n) is 2.59. The highest BCUT2D eigenvalue weighted by Crippen LogP contribution is 2.21. The van der Waals surface area contributed by atoms with Crippen molar-refractivity contribution in [1.29, 1.82) is 0 Å². The second kappa shape index (κ2) is 7.54. The Morgan fingerprint density at radius 2 is 2.18 bits per heavy atom. The van der Waals surface area contributed by atoms with E-state index in [9.17, 15) is 4.79 Å². The van der Waals surface area contributed by atoms with Crippen molar-refractivity contribution >= 4 is 6.09 Å². The number of unbranched alkanes of at least 4 members (excludes halogenated alkanes) is 1. The molecule has 0 aliphatic carbocycles. The molecule has 2 atom stereocenters. The molecule has 17 heavy (non-hydrogen) atoms. The van der Waals surface area contributed by atoms with Gasteiger partial charge in [0.05, 0.1) is 6.61 Å². The van der Waals surface area contributed by atoms with Crippen molar-refractivity contribution in [2.24, 2.45) is 5.92 Å². The lowest BCUT2D eigenvalue weighted by atomic mass is 9.90. The summed E-state index contributed by atoms with van der Waals surface area (Å²) in [5.74, 6) is 0.709. The van der Waals surface area contributed by atoms with Crippen LogP contribution < -0.4 is 5.32 Å². The Kier molecular flexibility index (Phi) is 6.34. The zero-order chi connectivity index (χ0) is 12.7. The standard InChI is InChI=1S/C13H26N2O2/c1-4-6-7-11-8-12(10-15(3)9-11)14-13(16)17-5-2/h11-12H,4-10H2,1-3H3,(H,14,16). The molecule has 0 bridgehead atoms. The van der Waals surface area contributed by atoms with Gasteiger partial charge >= 0.3 is 6.09 Å². The average Bonchev–Trinajstić information content (AvgIpc) is 2.25. The Morgan fingerprint density at radius 1 is 1.41 bits per heavy atom. The van der Waals surface area contributed by atoms with E-state index in [-0.39, 0.29) is 12.1 Å². The fourth-order valence-corrected chi connectivity index (χ4v) is 2.59. The summed E-state index contributed by atoms with van der Waals surface area (Å²) in [6.07, 6.45) is 4.60. The van der Waals surface area contributed by atoms with E-state index in [1.54, 1.807) is 0 Å². The third-order valence-corrected chi connectivity index (χ3v) is 3.28. The minimum Gasteiger partial charge on any atom is -0.450 e. The number of rotatable bonds is 5. The number of likely N-dealkylation sites (tertiary alicyclic amines) is 1. The molecule has 1 rings (SSSR count). The van der Waals surface area contributed by atoms with Crippen molar-refractivity contribution in [3.63, 3.8) is 0 Å². The molecule has 4 nitrogen and oxygen atoms in total. The van der Waals surface area contributed by atoms with Gasteiger partial charge in [-0.15, -0.1) is 0 Å². The molecule has 2 unspecified atom stereocenters. The van der Waals surface area contributed by atoms with Crippen LogP contribution in [0.3, 0.4) is 0 Å². The van der Waals surface area contributed by atoms with Crippen LogP contribution in [0, 0.1) is 5.92 Å². The molecule has 1 heterocycles. The first-order chi connectivity index (χ1) is 8.15. The van der Waals surface area contributed by atoms with Crippen molar-refractivity contribution in [3.8, 4) is 0 Å². The zero-order valence-electron chi connectivity index (χ0n) is 11.4. The summed E-state index contributed by atoms with van der Waals surface area (Å²) < 4.78 is 4.93. The largest absolute Gasteiger partial charge is 0.450 e. The Labute approximate surface area is 105 Å². The number of hydrogen-bond donors (Lipinski definition) is 1. The van der Waals surface area contributed by atoms with E-state index in [0.717, 1.165) is 19.5 Å². The van der Waals surface area contributed by atoms with Crippen LogP contribution in [0.2, 0.25) is 0 Å². The molecule has 4 heteroatoms. The van der Waals surface area contributed by atoms with Crippen molar-refractivity contribution in [2.45, 2.75) is 45.6 Å². The molecule has 0 radical (unpaired) electrons. The second-order valence-electron chi connectivity index (χ2n) is 5.03. The summed E-state index contributed by atoms with van der Waals surface area (Å²) in [5.41, 5.74) is 0. The number of amides is 1. The van der Waals surface area contributed by atoms with E-state index in [1.165, 1.54) is 19.3 Å². The van der Waals surface area contributed by atoms with Gasteiger partial charge in [0.15, 0.2) is 0 Å². The van der Waals surface area contributed by atoms with Gasteiger partial charge in [-0.3, -0.25) is 0 Å². The Hall–Kier alpha value is -0.770. The maximum atomic E-state index is 11.4. The summed E-state index contributed by atoms with van der Waals surface area (Å²) in [6.45, 7) is 6.58. The Morgan fingerprint density at radius 3 is 2.82 bits per heavy atom. The lowest BCUT2D eigenvalue weighted by Gasteiger charge is -2.35. The van der Waals surface area contributed by atoms with E-state index in [4.69, 9.17) is 4.74 Å². The van der Waals surface area contributed by atoms with Gasteiger partial charge in [-0.25, -0.2) is 4.79 Å². The normalized spacial score (nSPS) is 25.6. The number of nitrogens with zero attached hydrogens (tertiary/aromatic N) is 1. The quantitative estimate of drug-likeness (QED) is 0.804. The molecule has 1 saturated heterocycles. The van der Waals surface area contributed by atoms with Crippen molar-refractivity contribution in [2.75, 3.05) is 26.7 Å². The smallest absolute Gasteiger partial charge is 0.407 e. The number of likely N-dealkylation sites (N-methyl/N-ethyl adjacent to an activating group) is 1. The lowest BCUT2D eigenvalue weighted by molar-refractivity contribution is 0.125. The van der Waals surface area contributed by atoms with E-state index >= 15 is 0 Å². The number of nitrogens with one attached hydrogen (secondary N) is 1. The van der Waals surface area contributed by atoms with Crippen LogP contribution in [0.25, 0.3) is 0 Å². The fraction of sp³-hybridized carbons (Fsp3) is 0.923. The molecule has 100 valence electrons. The summed E-state index contributed by atoms with van der Waals surface area (Å²) in [7, 11) is 2.12. The molecule has 1 aliphatic heterocycles. The first-order valence-corrected chi connectivity index (χ1v) is 6.77. The van der Waals surface area contributed by atoms with Crippen LogP contribution in [-0.2, 0) is 4.74 Å². The van der Waals surface area contributed by atoms with Gasteiger partial charge in [-0.2, -0.15) is 0 Å². The average molecular weight is 242 g/mol. The maximum absolute atomic E-state index is 11.4. The molecular formula is C13H26N2O2. The highest BCUT2D eigenvalue weighted by atomic mass is 16.5. The SMILES string of the molecule is CCCCC1CC(NC(=O)OCC)CN(C)C1. The molecule has 0 spiro atoms. The first-order valence-electron chi connectivity index (χ1n) is 6.77. The van der Waals surface area contributed by atoms with Crippen molar-refractivity contribution < 1.29 is 9.53 Å². The number of ether oxygens (including phenoxy) is 1. The number of carbonyl (C=O) groups is 1. The molecule has 1 amide bonds. The second-order valence-corrected chi connectivity index (χ2v) is 5.03. The molecular weight excluding hydrogens is 216 g/mol. The molecule has 1 N–H and O–H groups in total. The summed E-state index contributed by atoms with van der Waals surface area (Å²) >= 11 is 0. The van der Waals surface area contributed by atoms with Crippen molar-refractivity contribution in [3.05, 3.63) is 0 Å². The van der Waals surface area contributed by atoms with Gasteiger partial charge in [0.25, 0.3) is 0 Å². The predicted molar refractivity (Wildman–Crippen MR) is 69.1 cm³/mol. The third kappa shape index (κ3) is 5.39. The van der Waals surface area contributed by atoms with Crippen LogP contribution >= 0.6 is 0 Å². The minimum absolute atomic E-state index is 0.245. The number of carbonyl (C=O) groups excluding carboxylic acids is 1. The molecule has 0 aromatic carbocycles. The summed E-state index contributed by atoms with van der Waals surface area (Å²) in [4.78, 5) is 13.7. The van der Waals surface area contributed by atoms with Gasteiger partial charge in [-0.05, 0) is 32.7 Å². The third-order valence-electron chi connectivity index (χ3n) is 3.28. The van der Waals surface area contributed by atoms with E-state index in [2.05, 4.69) is 24.2 Å². The van der Waals surface area contributed by atoms with Gasteiger partial charge in [0, 0.05) is 19.1 Å². The molecule has 0 aromatic rings. The first kappa shape index (κ1) is 14.3. The van der Waals surface area contributed by atoms with Crippen LogP contribution in [0.1, 0.15) is 39.5 Å².